The fraction of sp³-hybridized carbons (Fsp3) is 0.182. The third kappa shape index (κ3) is 1.61. The molecule has 1 aromatic carbocycles. The Morgan fingerprint density at radius 2 is 1.92 bits per heavy atom. The van der Waals surface area contributed by atoms with Crippen LogP contribution in [0.15, 0.2) is 47.1 Å². The van der Waals surface area contributed by atoms with Crippen LogP contribution in [0.5, 0.6) is 0 Å². The molecule has 13 heavy (non-hydrogen) atoms. The minimum atomic E-state index is 0.281. The Morgan fingerprint density at radius 1 is 1.15 bits per heavy atom. The van der Waals surface area contributed by atoms with Gasteiger partial charge in [-0.1, -0.05) is 42.4 Å². The molecule has 0 aliphatic heterocycles. The molecule has 1 heterocycles. The maximum absolute atomic E-state index is 5.10. The summed E-state index contributed by atoms with van der Waals surface area (Å²) in [7, 11) is 0. The average Bonchev–Trinajstić information content (AvgIpc) is 2.71. The molecule has 2 rings (SSSR count). The Bertz CT molecular complexity index is 353. The van der Waals surface area contributed by atoms with Crippen LogP contribution in [0.2, 0.25) is 0 Å². The monoisotopic (exact) mass is 173 g/mol. The van der Waals surface area contributed by atoms with Crippen LogP contribution in [0.3, 0.4) is 0 Å². The highest BCUT2D eigenvalue weighted by atomic mass is 16.5. The SMILES string of the molecule is CC(c1ccccc1)c1ccno1. The summed E-state index contributed by atoms with van der Waals surface area (Å²) in [6.07, 6.45) is 1.68. The zero-order valence-corrected chi connectivity index (χ0v) is 7.47. The highest BCUT2D eigenvalue weighted by Crippen LogP contribution is 2.22. The van der Waals surface area contributed by atoms with Gasteiger partial charge in [-0.25, -0.2) is 0 Å². The van der Waals surface area contributed by atoms with Gasteiger partial charge < -0.3 is 4.52 Å². The first-order valence-electron chi connectivity index (χ1n) is 4.33. The van der Waals surface area contributed by atoms with Gasteiger partial charge in [0.25, 0.3) is 0 Å². The number of benzene rings is 1. The molecule has 0 fully saturated rings. The van der Waals surface area contributed by atoms with E-state index in [0.29, 0.717) is 0 Å². The van der Waals surface area contributed by atoms with E-state index in [-0.39, 0.29) is 5.92 Å². The minimum absolute atomic E-state index is 0.281. The molecular formula is C11H11NO. The van der Waals surface area contributed by atoms with Crippen molar-refractivity contribution >= 4 is 0 Å². The third-order valence-corrected chi connectivity index (χ3v) is 2.18. The van der Waals surface area contributed by atoms with Gasteiger partial charge in [-0.3, -0.25) is 0 Å². The highest BCUT2D eigenvalue weighted by Gasteiger charge is 2.10. The van der Waals surface area contributed by atoms with E-state index in [9.17, 15) is 0 Å². The van der Waals surface area contributed by atoms with Crippen LogP contribution in [-0.4, -0.2) is 5.16 Å². The van der Waals surface area contributed by atoms with E-state index in [1.165, 1.54) is 5.56 Å². The van der Waals surface area contributed by atoms with E-state index >= 15 is 0 Å². The van der Waals surface area contributed by atoms with Crippen molar-refractivity contribution in [1.82, 2.24) is 5.16 Å². The van der Waals surface area contributed by atoms with Gasteiger partial charge in [0.15, 0.2) is 0 Å². The summed E-state index contributed by atoms with van der Waals surface area (Å²) in [5.41, 5.74) is 1.25. The largest absolute Gasteiger partial charge is 0.361 e. The maximum Gasteiger partial charge on any atom is 0.143 e. The van der Waals surface area contributed by atoms with E-state index in [1.807, 2.05) is 24.3 Å². The van der Waals surface area contributed by atoms with Crippen LogP contribution in [-0.2, 0) is 0 Å². The predicted octanol–water partition coefficient (Wildman–Crippen LogP) is 2.83. The number of hydrogen-bond donors (Lipinski definition) is 0. The lowest BCUT2D eigenvalue weighted by Crippen LogP contribution is -1.92. The second-order valence-corrected chi connectivity index (χ2v) is 3.05. The van der Waals surface area contributed by atoms with Crippen molar-refractivity contribution in [2.75, 3.05) is 0 Å². The fourth-order valence-electron chi connectivity index (χ4n) is 1.35. The topological polar surface area (TPSA) is 26.0 Å². The van der Waals surface area contributed by atoms with Gasteiger partial charge in [-0.2, -0.15) is 0 Å². The average molecular weight is 173 g/mol. The van der Waals surface area contributed by atoms with Crippen molar-refractivity contribution in [3.05, 3.63) is 53.9 Å². The van der Waals surface area contributed by atoms with Gasteiger partial charge in [0.05, 0.1) is 6.20 Å². The molecule has 0 spiro atoms. The molecule has 1 unspecified atom stereocenters. The van der Waals surface area contributed by atoms with Crippen molar-refractivity contribution in [1.29, 1.82) is 0 Å². The van der Waals surface area contributed by atoms with Crippen molar-refractivity contribution < 1.29 is 4.52 Å². The van der Waals surface area contributed by atoms with Crippen LogP contribution in [0.25, 0.3) is 0 Å². The molecule has 2 aromatic rings. The summed E-state index contributed by atoms with van der Waals surface area (Å²) in [5.74, 6) is 1.19. The lowest BCUT2D eigenvalue weighted by molar-refractivity contribution is 0.376. The van der Waals surface area contributed by atoms with Crippen molar-refractivity contribution in [2.45, 2.75) is 12.8 Å². The first kappa shape index (κ1) is 8.05. The lowest BCUT2D eigenvalue weighted by Gasteiger charge is -2.06. The second kappa shape index (κ2) is 3.44. The molecule has 2 nitrogen and oxygen atoms in total. The van der Waals surface area contributed by atoms with Gasteiger partial charge in [0.1, 0.15) is 5.76 Å². The molecule has 0 bridgehead atoms. The van der Waals surface area contributed by atoms with Crippen molar-refractivity contribution in [3.8, 4) is 0 Å². The third-order valence-electron chi connectivity index (χ3n) is 2.18. The molecular weight excluding hydrogens is 162 g/mol. The van der Waals surface area contributed by atoms with Crippen molar-refractivity contribution in [2.24, 2.45) is 0 Å². The maximum atomic E-state index is 5.10. The molecule has 66 valence electrons. The molecule has 1 aromatic heterocycles. The van der Waals surface area contributed by atoms with E-state index in [2.05, 4.69) is 24.2 Å². The van der Waals surface area contributed by atoms with Gasteiger partial charge in [-0.15, -0.1) is 0 Å². The fourth-order valence-corrected chi connectivity index (χ4v) is 1.35. The first-order valence-corrected chi connectivity index (χ1v) is 4.33. The van der Waals surface area contributed by atoms with Crippen LogP contribution in [0.4, 0.5) is 0 Å². The summed E-state index contributed by atoms with van der Waals surface area (Å²) in [5, 5.41) is 3.69. The summed E-state index contributed by atoms with van der Waals surface area (Å²) < 4.78 is 5.10. The van der Waals surface area contributed by atoms with Crippen LogP contribution < -0.4 is 0 Å². The normalized spacial score (nSPS) is 12.7. The van der Waals surface area contributed by atoms with Crippen LogP contribution in [0.1, 0.15) is 24.2 Å². The Morgan fingerprint density at radius 3 is 2.54 bits per heavy atom. The molecule has 0 saturated heterocycles. The van der Waals surface area contributed by atoms with E-state index in [0.717, 1.165) is 5.76 Å². The van der Waals surface area contributed by atoms with Gasteiger partial charge in [0, 0.05) is 12.0 Å². The van der Waals surface area contributed by atoms with E-state index in [1.54, 1.807) is 6.20 Å². The predicted molar refractivity (Wildman–Crippen MR) is 50.5 cm³/mol. The zero-order valence-electron chi connectivity index (χ0n) is 7.47. The Kier molecular flexibility index (Phi) is 2.13. The standard InChI is InChI=1S/C11H11NO/c1-9(11-7-8-12-13-11)10-5-3-2-4-6-10/h2-9H,1H3. The quantitative estimate of drug-likeness (QED) is 0.698. The summed E-state index contributed by atoms with van der Waals surface area (Å²) in [6.45, 7) is 2.11. The second-order valence-electron chi connectivity index (χ2n) is 3.05. The molecule has 0 radical (unpaired) electrons. The Hall–Kier alpha value is -1.57. The summed E-state index contributed by atoms with van der Waals surface area (Å²) in [4.78, 5) is 0. The van der Waals surface area contributed by atoms with Gasteiger partial charge >= 0.3 is 0 Å². The molecule has 0 N–H and O–H groups in total. The van der Waals surface area contributed by atoms with Crippen LogP contribution in [0, 0.1) is 0 Å². The minimum Gasteiger partial charge on any atom is -0.361 e. The smallest absolute Gasteiger partial charge is 0.143 e. The Balaban J connectivity index is 2.29. The number of rotatable bonds is 2. The van der Waals surface area contributed by atoms with Crippen molar-refractivity contribution in [3.63, 3.8) is 0 Å². The molecule has 0 amide bonds. The van der Waals surface area contributed by atoms with E-state index < -0.39 is 0 Å². The van der Waals surface area contributed by atoms with Gasteiger partial charge in [0.2, 0.25) is 0 Å². The lowest BCUT2D eigenvalue weighted by atomic mass is 9.99. The molecule has 1 atom stereocenters. The number of nitrogens with zero attached hydrogens (tertiary/aromatic N) is 1. The molecule has 0 saturated carbocycles. The molecule has 0 aliphatic rings. The van der Waals surface area contributed by atoms with Gasteiger partial charge in [-0.05, 0) is 5.56 Å². The zero-order chi connectivity index (χ0) is 9.10. The molecule has 2 heteroatoms. The number of hydrogen-bond acceptors (Lipinski definition) is 2. The van der Waals surface area contributed by atoms with Crippen LogP contribution >= 0.6 is 0 Å². The summed E-state index contributed by atoms with van der Waals surface area (Å²) in [6, 6.07) is 12.2. The van der Waals surface area contributed by atoms with E-state index in [4.69, 9.17) is 4.52 Å². The Labute approximate surface area is 77.2 Å². The summed E-state index contributed by atoms with van der Waals surface area (Å²) >= 11 is 0. The number of aromatic nitrogens is 1. The first-order chi connectivity index (χ1) is 6.38. The highest BCUT2D eigenvalue weighted by molar-refractivity contribution is 5.25. The molecule has 0 aliphatic carbocycles.